The molecule has 0 saturated heterocycles. The highest BCUT2D eigenvalue weighted by Crippen LogP contribution is 2.29. The molecule has 110 valence electrons. The van der Waals surface area contributed by atoms with Crippen molar-refractivity contribution in [3.63, 3.8) is 0 Å². The van der Waals surface area contributed by atoms with Crippen LogP contribution in [-0.2, 0) is 6.54 Å². The molecule has 5 heteroatoms. The molecule has 1 saturated carbocycles. The summed E-state index contributed by atoms with van der Waals surface area (Å²) in [6.45, 7) is 1.31. The first kappa shape index (κ1) is 14.9. The number of nitro benzene ring substituents is 1. The first-order valence-electron chi connectivity index (χ1n) is 7.26. The third kappa shape index (κ3) is 3.35. The standard InChI is InChI=1S/C15H23N3O2/c1-17(14-8-4-2-6-12(14)10-16)11-13-7-3-5-9-15(13)18(19)20/h3,5,7,9,12,14H,2,4,6,8,10-11,16H2,1H3. The maximum atomic E-state index is 11.1. The fourth-order valence-electron chi connectivity index (χ4n) is 3.25. The Hall–Kier alpha value is -1.46. The van der Waals surface area contributed by atoms with Crippen molar-refractivity contribution >= 4 is 5.69 Å². The summed E-state index contributed by atoms with van der Waals surface area (Å²) in [5.74, 6) is 0.511. The van der Waals surface area contributed by atoms with Crippen LogP contribution in [0.5, 0.6) is 0 Å². The molecule has 2 unspecified atom stereocenters. The van der Waals surface area contributed by atoms with E-state index in [0.717, 1.165) is 12.0 Å². The third-order valence-corrected chi connectivity index (χ3v) is 4.35. The van der Waals surface area contributed by atoms with Gasteiger partial charge in [0, 0.05) is 24.2 Å². The Bertz CT molecular complexity index is 464. The Labute approximate surface area is 119 Å². The lowest BCUT2D eigenvalue weighted by Gasteiger charge is -2.37. The van der Waals surface area contributed by atoms with Crippen LogP contribution in [-0.4, -0.2) is 29.5 Å². The van der Waals surface area contributed by atoms with Crippen molar-refractivity contribution in [1.82, 2.24) is 4.90 Å². The van der Waals surface area contributed by atoms with E-state index in [1.54, 1.807) is 12.1 Å². The molecule has 2 rings (SSSR count). The molecule has 0 aliphatic heterocycles. The Morgan fingerprint density at radius 3 is 2.75 bits per heavy atom. The summed E-state index contributed by atoms with van der Waals surface area (Å²) in [6.07, 6.45) is 4.78. The van der Waals surface area contributed by atoms with Crippen molar-refractivity contribution in [2.24, 2.45) is 11.7 Å². The molecule has 0 spiro atoms. The highest BCUT2D eigenvalue weighted by molar-refractivity contribution is 5.39. The van der Waals surface area contributed by atoms with Gasteiger partial charge in [-0.3, -0.25) is 15.0 Å². The monoisotopic (exact) mass is 277 g/mol. The number of hydrogen-bond acceptors (Lipinski definition) is 4. The van der Waals surface area contributed by atoms with Crippen LogP contribution in [0.15, 0.2) is 24.3 Å². The van der Waals surface area contributed by atoms with E-state index in [4.69, 9.17) is 5.73 Å². The maximum absolute atomic E-state index is 11.1. The van der Waals surface area contributed by atoms with Gasteiger partial charge in [0.15, 0.2) is 0 Å². The molecule has 0 amide bonds. The topological polar surface area (TPSA) is 72.4 Å². The van der Waals surface area contributed by atoms with E-state index in [0.29, 0.717) is 25.0 Å². The normalized spacial score (nSPS) is 22.9. The average molecular weight is 277 g/mol. The summed E-state index contributed by atoms with van der Waals surface area (Å²) in [5.41, 5.74) is 6.85. The van der Waals surface area contributed by atoms with Crippen LogP contribution in [0.1, 0.15) is 31.2 Å². The molecular formula is C15H23N3O2. The highest BCUT2D eigenvalue weighted by Gasteiger charge is 2.28. The van der Waals surface area contributed by atoms with Gasteiger partial charge >= 0.3 is 0 Å². The first-order valence-corrected chi connectivity index (χ1v) is 7.26. The second kappa shape index (κ2) is 6.81. The smallest absolute Gasteiger partial charge is 0.273 e. The molecule has 1 aliphatic carbocycles. The van der Waals surface area contributed by atoms with Gasteiger partial charge in [-0.25, -0.2) is 0 Å². The van der Waals surface area contributed by atoms with Gasteiger partial charge in [0.25, 0.3) is 5.69 Å². The van der Waals surface area contributed by atoms with Gasteiger partial charge in [-0.1, -0.05) is 31.0 Å². The van der Waals surface area contributed by atoms with Crippen LogP contribution in [0.4, 0.5) is 5.69 Å². The lowest BCUT2D eigenvalue weighted by atomic mass is 9.83. The van der Waals surface area contributed by atoms with Crippen LogP contribution in [0.2, 0.25) is 0 Å². The molecule has 20 heavy (non-hydrogen) atoms. The van der Waals surface area contributed by atoms with Crippen molar-refractivity contribution in [3.8, 4) is 0 Å². The largest absolute Gasteiger partial charge is 0.330 e. The van der Waals surface area contributed by atoms with Gasteiger partial charge in [0.05, 0.1) is 4.92 Å². The molecule has 0 radical (unpaired) electrons. The van der Waals surface area contributed by atoms with Gasteiger partial charge in [-0.05, 0) is 32.4 Å². The number of nitro groups is 1. The Morgan fingerprint density at radius 1 is 1.35 bits per heavy atom. The summed E-state index contributed by atoms with van der Waals surface area (Å²) >= 11 is 0. The van der Waals surface area contributed by atoms with Crippen LogP contribution in [0.3, 0.4) is 0 Å². The maximum Gasteiger partial charge on any atom is 0.273 e. The minimum atomic E-state index is -0.301. The number of nitrogens with two attached hydrogens (primary N) is 1. The van der Waals surface area contributed by atoms with E-state index in [1.807, 2.05) is 12.1 Å². The van der Waals surface area contributed by atoms with E-state index in [9.17, 15) is 10.1 Å². The van der Waals surface area contributed by atoms with Gasteiger partial charge in [0.1, 0.15) is 0 Å². The molecule has 1 fully saturated rings. The quantitative estimate of drug-likeness (QED) is 0.663. The zero-order chi connectivity index (χ0) is 14.5. The molecule has 2 N–H and O–H groups in total. The van der Waals surface area contributed by atoms with Crippen molar-refractivity contribution in [1.29, 1.82) is 0 Å². The van der Waals surface area contributed by atoms with Gasteiger partial charge in [-0.15, -0.1) is 0 Å². The van der Waals surface area contributed by atoms with E-state index < -0.39 is 0 Å². The molecule has 0 aromatic heterocycles. The van der Waals surface area contributed by atoms with Crippen LogP contribution in [0.25, 0.3) is 0 Å². The molecule has 1 aromatic rings. The van der Waals surface area contributed by atoms with E-state index in [1.165, 1.54) is 19.3 Å². The third-order valence-electron chi connectivity index (χ3n) is 4.35. The Balaban J connectivity index is 2.10. The molecular weight excluding hydrogens is 254 g/mol. The van der Waals surface area contributed by atoms with Crippen molar-refractivity contribution in [2.75, 3.05) is 13.6 Å². The second-order valence-electron chi connectivity index (χ2n) is 5.65. The van der Waals surface area contributed by atoms with E-state index in [-0.39, 0.29) is 10.6 Å². The van der Waals surface area contributed by atoms with Crippen LogP contribution >= 0.6 is 0 Å². The fraction of sp³-hybridized carbons (Fsp3) is 0.600. The predicted octanol–water partition coefficient (Wildman–Crippen LogP) is 2.54. The summed E-state index contributed by atoms with van der Waals surface area (Å²) in [4.78, 5) is 13.0. The number of para-hydroxylation sites is 1. The number of hydrogen-bond donors (Lipinski definition) is 1. The predicted molar refractivity (Wildman–Crippen MR) is 79.4 cm³/mol. The van der Waals surface area contributed by atoms with Gasteiger partial charge < -0.3 is 5.73 Å². The zero-order valence-corrected chi connectivity index (χ0v) is 12.0. The summed E-state index contributed by atoms with van der Waals surface area (Å²) < 4.78 is 0. The molecule has 2 atom stereocenters. The molecule has 0 bridgehead atoms. The van der Waals surface area contributed by atoms with E-state index in [2.05, 4.69) is 11.9 Å². The summed E-state index contributed by atoms with van der Waals surface area (Å²) in [5, 5.41) is 11.1. The van der Waals surface area contributed by atoms with E-state index >= 15 is 0 Å². The Morgan fingerprint density at radius 2 is 2.05 bits per heavy atom. The molecule has 5 nitrogen and oxygen atoms in total. The summed E-state index contributed by atoms with van der Waals surface area (Å²) in [7, 11) is 2.05. The lowest BCUT2D eigenvalue weighted by Crippen LogP contribution is -2.42. The number of rotatable bonds is 5. The summed E-state index contributed by atoms with van der Waals surface area (Å²) in [6, 6.07) is 7.43. The van der Waals surface area contributed by atoms with Crippen LogP contribution < -0.4 is 5.73 Å². The first-order chi connectivity index (χ1) is 9.63. The molecule has 0 heterocycles. The fourth-order valence-corrected chi connectivity index (χ4v) is 3.25. The van der Waals surface area contributed by atoms with Crippen molar-refractivity contribution in [3.05, 3.63) is 39.9 Å². The molecule has 1 aliphatic rings. The van der Waals surface area contributed by atoms with Gasteiger partial charge in [-0.2, -0.15) is 0 Å². The minimum absolute atomic E-state index is 0.208. The Kier molecular flexibility index (Phi) is 5.09. The van der Waals surface area contributed by atoms with Crippen molar-refractivity contribution in [2.45, 2.75) is 38.3 Å². The second-order valence-corrected chi connectivity index (χ2v) is 5.65. The average Bonchev–Trinajstić information content (AvgIpc) is 2.47. The van der Waals surface area contributed by atoms with Crippen LogP contribution in [0, 0.1) is 16.0 Å². The zero-order valence-electron chi connectivity index (χ0n) is 12.0. The molecule has 1 aromatic carbocycles. The highest BCUT2D eigenvalue weighted by atomic mass is 16.6. The minimum Gasteiger partial charge on any atom is -0.330 e. The lowest BCUT2D eigenvalue weighted by molar-refractivity contribution is -0.385. The number of nitrogens with zero attached hydrogens (tertiary/aromatic N) is 2. The van der Waals surface area contributed by atoms with Crippen molar-refractivity contribution < 1.29 is 4.92 Å². The number of benzene rings is 1. The van der Waals surface area contributed by atoms with Gasteiger partial charge in [0.2, 0.25) is 0 Å². The SMILES string of the molecule is CN(Cc1ccccc1[N+](=O)[O-])C1CCCCC1CN.